The van der Waals surface area contributed by atoms with Gasteiger partial charge in [-0.2, -0.15) is 0 Å². The molecule has 0 radical (unpaired) electrons. The molecule has 0 heterocycles. The maximum atomic E-state index is 12.5. The van der Waals surface area contributed by atoms with Gasteiger partial charge in [0.15, 0.2) is 5.78 Å². The van der Waals surface area contributed by atoms with Crippen LogP contribution in [0.25, 0.3) is 16.8 Å². The first-order chi connectivity index (χ1) is 11.8. The monoisotopic (exact) mass is 340 g/mol. The van der Waals surface area contributed by atoms with Crippen LogP contribution in [0.3, 0.4) is 0 Å². The van der Waals surface area contributed by atoms with Crippen molar-refractivity contribution in [2.24, 2.45) is 0 Å². The minimum atomic E-state index is -0.684. The second-order valence-corrected chi connectivity index (χ2v) is 6.92. The average molecular weight is 340 g/mol. The van der Waals surface area contributed by atoms with Gasteiger partial charge in [-0.25, -0.2) is 4.79 Å². The molecule has 25 heavy (non-hydrogen) atoms. The van der Waals surface area contributed by atoms with Crippen molar-refractivity contribution < 1.29 is 19.4 Å². The van der Waals surface area contributed by atoms with Crippen molar-refractivity contribution in [3.8, 4) is 0 Å². The average Bonchev–Trinajstić information content (AvgIpc) is 2.55. The van der Waals surface area contributed by atoms with E-state index in [1.54, 1.807) is 26.8 Å². The number of esters is 1. The van der Waals surface area contributed by atoms with Crippen LogP contribution in [-0.4, -0.2) is 29.1 Å². The SMILES string of the molecule is CC(C)(C)OC(=O)/C(=C\c1ccc2ccccc2c1)C(=O)CCCO. The van der Waals surface area contributed by atoms with E-state index in [1.807, 2.05) is 42.5 Å². The zero-order valence-corrected chi connectivity index (χ0v) is 14.9. The number of hydrogen-bond acceptors (Lipinski definition) is 4. The third-order valence-corrected chi connectivity index (χ3v) is 3.57. The number of ketones is 1. The fraction of sp³-hybridized carbons (Fsp3) is 0.333. The minimum absolute atomic E-state index is 0.0126. The lowest BCUT2D eigenvalue weighted by Gasteiger charge is -2.20. The maximum Gasteiger partial charge on any atom is 0.342 e. The quantitative estimate of drug-likeness (QED) is 0.375. The van der Waals surface area contributed by atoms with E-state index < -0.39 is 11.6 Å². The minimum Gasteiger partial charge on any atom is -0.456 e. The van der Waals surface area contributed by atoms with Crippen molar-refractivity contribution in [2.75, 3.05) is 6.61 Å². The Kier molecular flexibility index (Phi) is 6.10. The summed E-state index contributed by atoms with van der Waals surface area (Å²) in [7, 11) is 0. The topological polar surface area (TPSA) is 63.6 Å². The molecule has 0 aliphatic rings. The van der Waals surface area contributed by atoms with Crippen LogP contribution < -0.4 is 0 Å². The third-order valence-electron chi connectivity index (χ3n) is 3.57. The Morgan fingerprint density at radius 2 is 1.76 bits per heavy atom. The number of fused-ring (bicyclic) bond motifs is 1. The predicted molar refractivity (Wildman–Crippen MR) is 99.1 cm³/mol. The third kappa shape index (κ3) is 5.54. The normalized spacial score (nSPS) is 12.2. The van der Waals surface area contributed by atoms with Crippen LogP contribution in [-0.2, 0) is 14.3 Å². The van der Waals surface area contributed by atoms with E-state index in [1.165, 1.54) is 0 Å². The predicted octanol–water partition coefficient (Wildman–Crippen LogP) is 3.91. The zero-order chi connectivity index (χ0) is 18.4. The van der Waals surface area contributed by atoms with Gasteiger partial charge in [-0.05, 0) is 55.7 Å². The number of carbonyl (C=O) groups excluding carboxylic acids is 2. The highest BCUT2D eigenvalue weighted by atomic mass is 16.6. The fourth-order valence-electron chi connectivity index (χ4n) is 2.42. The summed E-state index contributed by atoms with van der Waals surface area (Å²) in [6.45, 7) is 5.19. The summed E-state index contributed by atoms with van der Waals surface area (Å²) in [5, 5.41) is 11.1. The van der Waals surface area contributed by atoms with E-state index in [4.69, 9.17) is 9.84 Å². The number of hydrogen-bond donors (Lipinski definition) is 1. The summed E-state index contributed by atoms with van der Waals surface area (Å²) in [5.41, 5.74) is 0.0900. The molecule has 4 nitrogen and oxygen atoms in total. The van der Waals surface area contributed by atoms with Gasteiger partial charge < -0.3 is 9.84 Å². The van der Waals surface area contributed by atoms with Gasteiger partial charge in [-0.3, -0.25) is 4.79 Å². The van der Waals surface area contributed by atoms with Crippen LogP contribution in [0.2, 0.25) is 0 Å². The van der Waals surface area contributed by atoms with Crippen LogP contribution in [0.4, 0.5) is 0 Å². The molecule has 0 atom stereocenters. The number of ether oxygens (including phenoxy) is 1. The largest absolute Gasteiger partial charge is 0.456 e. The molecule has 0 saturated carbocycles. The van der Waals surface area contributed by atoms with Gasteiger partial charge in [-0.15, -0.1) is 0 Å². The lowest BCUT2D eigenvalue weighted by atomic mass is 10.0. The van der Waals surface area contributed by atoms with Gasteiger partial charge in [0.05, 0.1) is 0 Å². The molecule has 0 aromatic heterocycles. The van der Waals surface area contributed by atoms with Gasteiger partial charge in [-0.1, -0.05) is 36.4 Å². The summed E-state index contributed by atoms with van der Waals surface area (Å²) >= 11 is 0. The summed E-state index contributed by atoms with van der Waals surface area (Å²) in [4.78, 5) is 24.9. The van der Waals surface area contributed by atoms with Crippen LogP contribution in [0.15, 0.2) is 48.0 Å². The fourth-order valence-corrected chi connectivity index (χ4v) is 2.42. The van der Waals surface area contributed by atoms with Gasteiger partial charge in [0.25, 0.3) is 0 Å². The van der Waals surface area contributed by atoms with Gasteiger partial charge >= 0.3 is 5.97 Å². The van der Waals surface area contributed by atoms with Crippen LogP contribution in [0, 0.1) is 0 Å². The Morgan fingerprint density at radius 1 is 1.08 bits per heavy atom. The molecule has 0 fully saturated rings. The van der Waals surface area contributed by atoms with Crippen molar-refractivity contribution in [3.05, 3.63) is 53.6 Å². The highest BCUT2D eigenvalue weighted by Gasteiger charge is 2.24. The Labute approximate surface area is 148 Å². The number of carbonyl (C=O) groups is 2. The Hall–Kier alpha value is -2.46. The lowest BCUT2D eigenvalue weighted by molar-refractivity contribution is -0.150. The van der Waals surface area contributed by atoms with E-state index in [-0.39, 0.29) is 24.4 Å². The van der Waals surface area contributed by atoms with Gasteiger partial charge in [0.2, 0.25) is 0 Å². The molecule has 4 heteroatoms. The van der Waals surface area contributed by atoms with Crippen LogP contribution in [0.5, 0.6) is 0 Å². The summed E-state index contributed by atoms with van der Waals surface area (Å²) in [6, 6.07) is 13.6. The molecular formula is C21H24O4. The van der Waals surface area contributed by atoms with Crippen molar-refractivity contribution >= 4 is 28.6 Å². The lowest BCUT2D eigenvalue weighted by Crippen LogP contribution is -2.27. The van der Waals surface area contributed by atoms with E-state index in [2.05, 4.69) is 0 Å². The second-order valence-electron chi connectivity index (χ2n) is 6.92. The van der Waals surface area contributed by atoms with Crippen molar-refractivity contribution in [1.29, 1.82) is 0 Å². The first-order valence-electron chi connectivity index (χ1n) is 8.38. The van der Waals surface area contributed by atoms with E-state index >= 15 is 0 Å². The molecule has 0 bridgehead atoms. The first-order valence-corrected chi connectivity index (χ1v) is 8.38. The zero-order valence-electron chi connectivity index (χ0n) is 14.9. The smallest absolute Gasteiger partial charge is 0.342 e. The number of aliphatic hydroxyl groups is 1. The number of Topliss-reactive ketones (excluding diaryl/α,β-unsaturated/α-hetero) is 1. The summed E-state index contributed by atoms with van der Waals surface area (Å²) in [5.74, 6) is -0.958. The maximum absolute atomic E-state index is 12.5. The molecule has 1 N–H and O–H groups in total. The Bertz CT molecular complexity index is 797. The highest BCUT2D eigenvalue weighted by Crippen LogP contribution is 2.20. The molecule has 2 aromatic carbocycles. The van der Waals surface area contributed by atoms with E-state index in [0.717, 1.165) is 16.3 Å². The van der Waals surface area contributed by atoms with Crippen molar-refractivity contribution in [2.45, 2.75) is 39.2 Å². The molecule has 2 rings (SSSR count). The van der Waals surface area contributed by atoms with Crippen molar-refractivity contribution in [1.82, 2.24) is 0 Å². The molecule has 0 amide bonds. The van der Waals surface area contributed by atoms with E-state index in [9.17, 15) is 9.59 Å². The molecular weight excluding hydrogens is 316 g/mol. The van der Waals surface area contributed by atoms with Gasteiger partial charge in [0, 0.05) is 13.0 Å². The Morgan fingerprint density at radius 3 is 2.40 bits per heavy atom. The first kappa shape index (κ1) is 18.9. The number of benzene rings is 2. The number of rotatable bonds is 6. The molecule has 0 spiro atoms. The van der Waals surface area contributed by atoms with Gasteiger partial charge in [0.1, 0.15) is 11.2 Å². The van der Waals surface area contributed by atoms with Crippen LogP contribution in [0.1, 0.15) is 39.2 Å². The summed E-state index contributed by atoms with van der Waals surface area (Å²) < 4.78 is 5.37. The van der Waals surface area contributed by atoms with E-state index in [0.29, 0.717) is 6.42 Å². The second kappa shape index (κ2) is 8.08. The van der Waals surface area contributed by atoms with Crippen LogP contribution >= 0.6 is 0 Å². The summed E-state index contributed by atoms with van der Waals surface area (Å²) in [6.07, 6.45) is 1.99. The van der Waals surface area contributed by atoms with Crippen molar-refractivity contribution in [3.63, 3.8) is 0 Å². The number of aliphatic hydroxyl groups excluding tert-OH is 1. The standard InChI is InChI=1S/C21H24O4/c1-21(2,3)25-20(24)18(19(23)9-6-12-22)14-15-10-11-16-7-4-5-8-17(16)13-15/h4-5,7-8,10-11,13-14,22H,6,9,12H2,1-3H3/b18-14-. The highest BCUT2D eigenvalue weighted by molar-refractivity contribution is 6.20. The molecule has 132 valence electrons. The Balaban J connectivity index is 2.39. The molecule has 0 saturated heterocycles. The molecule has 0 aliphatic heterocycles. The molecule has 2 aromatic rings. The molecule has 0 aliphatic carbocycles. The molecule has 0 unspecified atom stereocenters.